The van der Waals surface area contributed by atoms with Crippen LogP contribution in [-0.4, -0.2) is 30.0 Å². The Balaban J connectivity index is 2.43. The van der Waals surface area contributed by atoms with Crippen molar-refractivity contribution in [2.45, 2.75) is 6.42 Å². The van der Waals surface area contributed by atoms with E-state index in [0.717, 1.165) is 12.1 Å². The van der Waals surface area contributed by atoms with Crippen LogP contribution in [0.1, 0.15) is 12.0 Å². The summed E-state index contributed by atoms with van der Waals surface area (Å²) >= 11 is 0. The Morgan fingerprint density at radius 3 is 2.39 bits per heavy atom. The molecular weight excluding hydrogens is 242 g/mol. The van der Waals surface area contributed by atoms with Crippen molar-refractivity contribution in [3.05, 3.63) is 45.5 Å². The predicted octanol–water partition coefficient (Wildman–Crippen LogP) is 2.59. The zero-order chi connectivity index (χ0) is 13.3. The Morgan fingerprint density at radius 2 is 1.94 bits per heavy atom. The van der Waals surface area contributed by atoms with Crippen molar-refractivity contribution in [1.29, 1.82) is 0 Å². The lowest BCUT2D eigenvalue weighted by Crippen LogP contribution is -2.24. The summed E-state index contributed by atoms with van der Waals surface area (Å²) in [5.74, 6) is -1.75. The van der Waals surface area contributed by atoms with Crippen LogP contribution in [0.2, 0.25) is 0 Å². The number of halogens is 2. The smallest absolute Gasteiger partial charge is 0.275 e. The fourth-order valence-corrected chi connectivity index (χ4v) is 1.97. The van der Waals surface area contributed by atoms with Gasteiger partial charge in [0, 0.05) is 18.7 Å². The molecule has 1 aliphatic rings. The van der Waals surface area contributed by atoms with Crippen molar-refractivity contribution in [1.82, 2.24) is 4.90 Å². The number of non-ortho nitro benzene ring substituents is 1. The van der Waals surface area contributed by atoms with Gasteiger partial charge in [0.2, 0.25) is 0 Å². The maximum atomic E-state index is 13.8. The number of likely N-dealkylation sites (N-methyl/N-ethyl adjacent to an activating group) is 1. The minimum Gasteiger partial charge on any atom is -0.302 e. The van der Waals surface area contributed by atoms with Crippen LogP contribution >= 0.6 is 0 Å². The van der Waals surface area contributed by atoms with Gasteiger partial charge >= 0.3 is 0 Å². The molecule has 4 nitrogen and oxygen atoms in total. The molecule has 1 aromatic rings. The maximum absolute atomic E-state index is 13.8. The Morgan fingerprint density at radius 1 is 1.33 bits per heavy atom. The van der Waals surface area contributed by atoms with E-state index in [4.69, 9.17) is 0 Å². The topological polar surface area (TPSA) is 46.4 Å². The summed E-state index contributed by atoms with van der Waals surface area (Å²) in [4.78, 5) is 11.7. The molecule has 0 fully saturated rings. The molecule has 6 heteroatoms. The number of hydrogen-bond donors (Lipinski definition) is 0. The first-order chi connectivity index (χ1) is 8.49. The number of benzene rings is 1. The molecule has 18 heavy (non-hydrogen) atoms. The number of rotatable bonds is 2. The molecule has 0 unspecified atom stereocenters. The third kappa shape index (κ3) is 2.38. The summed E-state index contributed by atoms with van der Waals surface area (Å²) in [6, 6.07) is 1.52. The van der Waals surface area contributed by atoms with Crippen LogP contribution in [0.15, 0.2) is 18.2 Å². The molecular formula is C12H12F2N2O2. The van der Waals surface area contributed by atoms with E-state index in [1.807, 2.05) is 11.9 Å². The van der Waals surface area contributed by atoms with E-state index in [0.29, 0.717) is 25.1 Å². The quantitative estimate of drug-likeness (QED) is 0.602. The minimum atomic E-state index is -0.877. The highest BCUT2D eigenvalue weighted by Crippen LogP contribution is 2.29. The van der Waals surface area contributed by atoms with E-state index in [1.165, 1.54) is 0 Å². The third-order valence-electron chi connectivity index (χ3n) is 2.97. The molecule has 0 N–H and O–H groups in total. The SMILES string of the molecule is CN1CC=C(c2c(F)cc([N+](=O)[O-])cc2F)CC1. The van der Waals surface area contributed by atoms with E-state index in [1.54, 1.807) is 6.08 Å². The van der Waals surface area contributed by atoms with Crippen molar-refractivity contribution in [3.63, 3.8) is 0 Å². The van der Waals surface area contributed by atoms with E-state index < -0.39 is 22.2 Å². The third-order valence-corrected chi connectivity index (χ3v) is 2.97. The van der Waals surface area contributed by atoms with E-state index in [-0.39, 0.29) is 5.56 Å². The Kier molecular flexibility index (Phi) is 3.38. The van der Waals surface area contributed by atoms with Gasteiger partial charge in [-0.1, -0.05) is 6.08 Å². The van der Waals surface area contributed by atoms with Gasteiger partial charge in [-0.15, -0.1) is 0 Å². The highest BCUT2D eigenvalue weighted by molar-refractivity contribution is 5.68. The Hall–Kier alpha value is -1.82. The molecule has 1 aliphatic heterocycles. The average molecular weight is 254 g/mol. The molecule has 2 rings (SSSR count). The van der Waals surface area contributed by atoms with Crippen molar-refractivity contribution in [2.75, 3.05) is 20.1 Å². The first-order valence-corrected chi connectivity index (χ1v) is 5.50. The average Bonchev–Trinajstić information content (AvgIpc) is 2.30. The summed E-state index contributed by atoms with van der Waals surface area (Å²) < 4.78 is 27.5. The molecule has 0 spiro atoms. The van der Waals surface area contributed by atoms with Crippen LogP contribution in [0.5, 0.6) is 0 Å². The van der Waals surface area contributed by atoms with Gasteiger partial charge in [0.1, 0.15) is 11.6 Å². The number of nitro benzene ring substituents is 1. The van der Waals surface area contributed by atoms with Gasteiger partial charge in [-0.3, -0.25) is 10.1 Å². The molecule has 96 valence electrons. The first kappa shape index (κ1) is 12.6. The van der Waals surface area contributed by atoms with Gasteiger partial charge in [0.15, 0.2) is 0 Å². The molecule has 0 aliphatic carbocycles. The van der Waals surface area contributed by atoms with Crippen molar-refractivity contribution in [3.8, 4) is 0 Å². The zero-order valence-corrected chi connectivity index (χ0v) is 9.82. The highest BCUT2D eigenvalue weighted by Gasteiger charge is 2.21. The molecule has 0 saturated heterocycles. The van der Waals surface area contributed by atoms with Gasteiger partial charge in [-0.2, -0.15) is 0 Å². The largest absolute Gasteiger partial charge is 0.302 e. The standard InChI is InChI=1S/C12H12F2N2O2/c1-15-4-2-8(3-5-15)12-10(13)6-9(16(17)18)7-11(12)14/h2,6-7H,3-5H2,1H3. The fraction of sp³-hybridized carbons (Fsp3) is 0.333. The second kappa shape index (κ2) is 4.81. The van der Waals surface area contributed by atoms with Crippen LogP contribution in [0, 0.1) is 21.7 Å². The van der Waals surface area contributed by atoms with Crippen molar-refractivity contribution >= 4 is 11.3 Å². The van der Waals surface area contributed by atoms with Crippen LogP contribution in [0.3, 0.4) is 0 Å². The molecule has 1 heterocycles. The summed E-state index contributed by atoms with van der Waals surface area (Å²) in [5, 5.41) is 10.5. The number of nitro groups is 1. The van der Waals surface area contributed by atoms with E-state index in [9.17, 15) is 18.9 Å². The van der Waals surface area contributed by atoms with Crippen molar-refractivity contribution < 1.29 is 13.7 Å². The lowest BCUT2D eigenvalue weighted by Gasteiger charge is -2.22. The van der Waals surface area contributed by atoms with Gasteiger partial charge in [0.25, 0.3) is 5.69 Å². The molecule has 0 bridgehead atoms. The summed E-state index contributed by atoms with van der Waals surface area (Å²) in [5.41, 5.74) is -0.144. The minimum absolute atomic E-state index is 0.145. The van der Waals surface area contributed by atoms with E-state index >= 15 is 0 Å². The first-order valence-electron chi connectivity index (χ1n) is 5.50. The summed E-state index contributed by atoms with van der Waals surface area (Å²) in [6.07, 6.45) is 2.28. The monoisotopic (exact) mass is 254 g/mol. The Labute approximate surface area is 103 Å². The van der Waals surface area contributed by atoms with Gasteiger partial charge in [-0.05, 0) is 19.0 Å². The lowest BCUT2D eigenvalue weighted by molar-refractivity contribution is -0.385. The summed E-state index contributed by atoms with van der Waals surface area (Å²) in [6.45, 7) is 1.33. The van der Waals surface area contributed by atoms with Crippen molar-refractivity contribution in [2.24, 2.45) is 0 Å². The van der Waals surface area contributed by atoms with E-state index in [2.05, 4.69) is 0 Å². The molecule has 1 aromatic carbocycles. The zero-order valence-electron chi connectivity index (χ0n) is 9.82. The summed E-state index contributed by atoms with van der Waals surface area (Å²) in [7, 11) is 1.91. The normalized spacial score (nSPS) is 16.5. The maximum Gasteiger partial charge on any atom is 0.275 e. The Bertz CT molecular complexity index is 506. The van der Waals surface area contributed by atoms with Gasteiger partial charge < -0.3 is 4.90 Å². The van der Waals surface area contributed by atoms with Crippen LogP contribution in [-0.2, 0) is 0 Å². The van der Waals surface area contributed by atoms with Crippen LogP contribution in [0.25, 0.3) is 5.57 Å². The molecule has 0 aromatic heterocycles. The van der Waals surface area contributed by atoms with Crippen LogP contribution in [0.4, 0.5) is 14.5 Å². The lowest BCUT2D eigenvalue weighted by atomic mass is 9.98. The predicted molar refractivity (Wildman–Crippen MR) is 63.1 cm³/mol. The van der Waals surface area contributed by atoms with Gasteiger partial charge in [0.05, 0.1) is 17.1 Å². The highest BCUT2D eigenvalue weighted by atomic mass is 19.1. The molecule has 0 amide bonds. The number of nitrogens with zero attached hydrogens (tertiary/aromatic N) is 2. The molecule has 0 radical (unpaired) electrons. The number of hydrogen-bond acceptors (Lipinski definition) is 3. The van der Waals surface area contributed by atoms with Crippen LogP contribution < -0.4 is 0 Å². The fourth-order valence-electron chi connectivity index (χ4n) is 1.97. The molecule has 0 saturated carbocycles. The second-order valence-electron chi connectivity index (χ2n) is 4.28. The van der Waals surface area contributed by atoms with Gasteiger partial charge in [-0.25, -0.2) is 8.78 Å². The molecule has 0 atom stereocenters. The second-order valence-corrected chi connectivity index (χ2v) is 4.28.